The molecule has 1 saturated heterocycles. The van der Waals surface area contributed by atoms with Crippen LogP contribution in [0.4, 0.5) is 4.39 Å². The largest absolute Gasteiger partial charge is 0.353 e. The van der Waals surface area contributed by atoms with Crippen LogP contribution >= 0.6 is 11.6 Å². The van der Waals surface area contributed by atoms with Crippen LogP contribution in [0.5, 0.6) is 0 Å². The minimum absolute atomic E-state index is 0.0157. The molecule has 0 aromatic heterocycles. The molecule has 1 aromatic rings. The van der Waals surface area contributed by atoms with Gasteiger partial charge in [-0.15, -0.1) is 0 Å². The molecule has 0 atom stereocenters. The average molecular weight is 327 g/mol. The van der Waals surface area contributed by atoms with Gasteiger partial charge in [-0.2, -0.15) is 0 Å². The summed E-state index contributed by atoms with van der Waals surface area (Å²) < 4.78 is 13.8. The molecule has 1 N–H and O–H groups in total. The van der Waals surface area contributed by atoms with Crippen LogP contribution in [0.25, 0.3) is 0 Å². The summed E-state index contributed by atoms with van der Waals surface area (Å²) in [5, 5.41) is 3.09. The topological polar surface area (TPSA) is 49.4 Å². The highest BCUT2D eigenvalue weighted by molar-refractivity contribution is 6.33. The molecule has 1 heterocycles. The smallest absolute Gasteiger partial charge is 0.258 e. The van der Waals surface area contributed by atoms with E-state index in [0.29, 0.717) is 25.9 Å². The molecule has 0 bridgehead atoms. The number of likely N-dealkylation sites (tertiary alicyclic amines) is 1. The molecule has 0 unspecified atom stereocenters. The fourth-order valence-corrected chi connectivity index (χ4v) is 2.70. The Morgan fingerprint density at radius 1 is 1.32 bits per heavy atom. The molecule has 2 rings (SSSR count). The number of amides is 2. The maximum atomic E-state index is 13.8. The quantitative estimate of drug-likeness (QED) is 0.928. The van der Waals surface area contributed by atoms with Gasteiger partial charge in [0.15, 0.2) is 0 Å². The lowest BCUT2D eigenvalue weighted by Gasteiger charge is -2.33. The van der Waals surface area contributed by atoms with Gasteiger partial charge in [0, 0.05) is 25.0 Å². The second-order valence-corrected chi connectivity index (χ2v) is 6.23. The SMILES string of the molecule is CC(C)C(=O)NC1CCN(C(=O)c2c(F)cccc2Cl)CC1. The highest BCUT2D eigenvalue weighted by Crippen LogP contribution is 2.22. The van der Waals surface area contributed by atoms with Gasteiger partial charge >= 0.3 is 0 Å². The molecule has 0 saturated carbocycles. The van der Waals surface area contributed by atoms with Gasteiger partial charge in [-0.3, -0.25) is 9.59 Å². The molecule has 6 heteroatoms. The maximum absolute atomic E-state index is 13.8. The first-order chi connectivity index (χ1) is 10.4. The van der Waals surface area contributed by atoms with E-state index in [1.165, 1.54) is 18.2 Å². The molecule has 1 aliphatic heterocycles. The molecule has 22 heavy (non-hydrogen) atoms. The summed E-state index contributed by atoms with van der Waals surface area (Å²) >= 11 is 5.93. The predicted molar refractivity (Wildman–Crippen MR) is 83.3 cm³/mol. The van der Waals surface area contributed by atoms with Crippen LogP contribution in [0.2, 0.25) is 5.02 Å². The number of rotatable bonds is 3. The molecule has 1 aromatic carbocycles. The minimum Gasteiger partial charge on any atom is -0.353 e. The summed E-state index contributed by atoms with van der Waals surface area (Å²) in [5.74, 6) is -1.04. The van der Waals surface area contributed by atoms with E-state index in [1.807, 2.05) is 13.8 Å². The van der Waals surface area contributed by atoms with Crippen LogP contribution in [0.15, 0.2) is 18.2 Å². The van der Waals surface area contributed by atoms with Crippen molar-refractivity contribution in [3.8, 4) is 0 Å². The van der Waals surface area contributed by atoms with E-state index in [4.69, 9.17) is 11.6 Å². The number of hydrogen-bond acceptors (Lipinski definition) is 2. The lowest BCUT2D eigenvalue weighted by Crippen LogP contribution is -2.47. The van der Waals surface area contributed by atoms with Gasteiger partial charge in [-0.25, -0.2) is 4.39 Å². The van der Waals surface area contributed by atoms with Crippen LogP contribution in [0, 0.1) is 11.7 Å². The molecule has 1 fully saturated rings. The van der Waals surface area contributed by atoms with E-state index < -0.39 is 11.7 Å². The van der Waals surface area contributed by atoms with Crippen molar-refractivity contribution in [3.05, 3.63) is 34.6 Å². The van der Waals surface area contributed by atoms with Gasteiger partial charge in [-0.05, 0) is 25.0 Å². The highest BCUT2D eigenvalue weighted by atomic mass is 35.5. The van der Waals surface area contributed by atoms with E-state index in [9.17, 15) is 14.0 Å². The number of nitrogens with zero attached hydrogens (tertiary/aromatic N) is 1. The highest BCUT2D eigenvalue weighted by Gasteiger charge is 2.27. The van der Waals surface area contributed by atoms with Crippen molar-refractivity contribution in [1.29, 1.82) is 0 Å². The Labute approximate surface area is 134 Å². The van der Waals surface area contributed by atoms with E-state index in [0.717, 1.165) is 0 Å². The Bertz CT molecular complexity index is 549. The fourth-order valence-electron chi connectivity index (χ4n) is 2.46. The van der Waals surface area contributed by atoms with E-state index in [1.54, 1.807) is 4.90 Å². The van der Waals surface area contributed by atoms with Crippen molar-refractivity contribution in [2.75, 3.05) is 13.1 Å². The van der Waals surface area contributed by atoms with Crippen LogP contribution < -0.4 is 5.32 Å². The molecular weight excluding hydrogens is 307 g/mol. The summed E-state index contributed by atoms with van der Waals surface area (Å²) in [6, 6.07) is 4.28. The van der Waals surface area contributed by atoms with E-state index in [2.05, 4.69) is 5.32 Å². The first kappa shape index (κ1) is 16.7. The van der Waals surface area contributed by atoms with E-state index in [-0.39, 0.29) is 28.5 Å². The summed E-state index contributed by atoms with van der Waals surface area (Å²) in [6.07, 6.45) is 1.33. The van der Waals surface area contributed by atoms with Crippen LogP contribution in [0.3, 0.4) is 0 Å². The third-order valence-corrected chi connectivity index (χ3v) is 4.14. The molecule has 4 nitrogen and oxygen atoms in total. The number of piperidine rings is 1. The third kappa shape index (κ3) is 3.77. The van der Waals surface area contributed by atoms with Gasteiger partial charge in [0.1, 0.15) is 5.82 Å². The van der Waals surface area contributed by atoms with Gasteiger partial charge in [0.05, 0.1) is 10.6 Å². The van der Waals surface area contributed by atoms with Gasteiger partial charge < -0.3 is 10.2 Å². The zero-order valence-electron chi connectivity index (χ0n) is 12.7. The fraction of sp³-hybridized carbons (Fsp3) is 0.500. The minimum atomic E-state index is -0.604. The van der Waals surface area contributed by atoms with Crippen LogP contribution in [0.1, 0.15) is 37.0 Å². The van der Waals surface area contributed by atoms with Crippen molar-refractivity contribution in [2.24, 2.45) is 5.92 Å². The molecule has 0 aliphatic carbocycles. The van der Waals surface area contributed by atoms with E-state index >= 15 is 0 Å². The van der Waals surface area contributed by atoms with Crippen LogP contribution in [-0.4, -0.2) is 35.8 Å². The Morgan fingerprint density at radius 3 is 2.50 bits per heavy atom. The third-order valence-electron chi connectivity index (χ3n) is 3.83. The Kier molecular flexibility index (Phi) is 5.40. The molecular formula is C16H20ClFN2O2. The van der Waals surface area contributed by atoms with Crippen molar-refractivity contribution in [3.63, 3.8) is 0 Å². The Hall–Kier alpha value is -1.62. The van der Waals surface area contributed by atoms with Gasteiger partial charge in [0.25, 0.3) is 5.91 Å². The lowest BCUT2D eigenvalue weighted by atomic mass is 10.0. The van der Waals surface area contributed by atoms with Crippen molar-refractivity contribution in [2.45, 2.75) is 32.7 Å². The molecule has 2 amide bonds. The van der Waals surface area contributed by atoms with Crippen LogP contribution in [-0.2, 0) is 4.79 Å². The zero-order chi connectivity index (χ0) is 16.3. The standard InChI is InChI=1S/C16H20ClFN2O2/c1-10(2)15(21)19-11-6-8-20(9-7-11)16(22)14-12(17)4-3-5-13(14)18/h3-5,10-11H,6-9H2,1-2H3,(H,19,21). The first-order valence-corrected chi connectivity index (χ1v) is 7.81. The second kappa shape index (κ2) is 7.09. The number of carbonyl (C=O) groups is 2. The van der Waals surface area contributed by atoms with Gasteiger partial charge in [-0.1, -0.05) is 31.5 Å². The lowest BCUT2D eigenvalue weighted by molar-refractivity contribution is -0.124. The zero-order valence-corrected chi connectivity index (χ0v) is 13.5. The summed E-state index contributed by atoms with van der Waals surface area (Å²) in [7, 11) is 0. The summed E-state index contributed by atoms with van der Waals surface area (Å²) in [5.41, 5.74) is -0.0752. The van der Waals surface area contributed by atoms with Crippen molar-refractivity contribution < 1.29 is 14.0 Å². The molecule has 120 valence electrons. The first-order valence-electron chi connectivity index (χ1n) is 7.43. The van der Waals surface area contributed by atoms with Crippen molar-refractivity contribution in [1.82, 2.24) is 10.2 Å². The summed E-state index contributed by atoms with van der Waals surface area (Å²) in [6.45, 7) is 4.64. The maximum Gasteiger partial charge on any atom is 0.258 e. The second-order valence-electron chi connectivity index (χ2n) is 5.83. The number of benzene rings is 1. The Morgan fingerprint density at radius 2 is 1.95 bits per heavy atom. The molecule has 0 spiro atoms. The average Bonchev–Trinajstić information content (AvgIpc) is 2.47. The predicted octanol–water partition coefficient (Wildman–Crippen LogP) is 2.86. The number of hydrogen-bond donors (Lipinski definition) is 1. The normalized spacial score (nSPS) is 16.0. The monoisotopic (exact) mass is 326 g/mol. The summed E-state index contributed by atoms with van der Waals surface area (Å²) in [4.78, 5) is 25.7. The molecule has 0 radical (unpaired) electrons. The number of halogens is 2. The number of nitrogens with one attached hydrogen (secondary N) is 1. The number of carbonyl (C=O) groups excluding carboxylic acids is 2. The van der Waals surface area contributed by atoms with Gasteiger partial charge in [0.2, 0.25) is 5.91 Å². The molecule has 1 aliphatic rings. The van der Waals surface area contributed by atoms with Crippen molar-refractivity contribution >= 4 is 23.4 Å². The Balaban J connectivity index is 1.97.